The molecular weight excluding hydrogens is 345 g/mol. The largest absolute Gasteiger partial charge is 0.312 e. The van der Waals surface area contributed by atoms with Crippen LogP contribution in [0.1, 0.15) is 37.4 Å². The molecule has 1 amide bonds. The standard InChI is InChI=1S/C21H22FN3O2/c1-2-3-6-11-25(14-26)20-13-15(9-10-18(20)22)12-19-16-7-4-5-8-17(16)21(27)24-23-19/h4-5,7-10,13-14H,2-3,6,11-12H2,1H3,(H,24,27). The monoisotopic (exact) mass is 367 g/mol. The number of H-pyrrole nitrogens is 1. The number of hydrogen-bond donors (Lipinski definition) is 1. The molecule has 0 saturated carbocycles. The molecule has 6 heteroatoms. The molecule has 140 valence electrons. The van der Waals surface area contributed by atoms with Crippen molar-refractivity contribution >= 4 is 22.9 Å². The molecule has 0 aliphatic carbocycles. The summed E-state index contributed by atoms with van der Waals surface area (Å²) in [6, 6.07) is 12.0. The second kappa shape index (κ2) is 8.58. The summed E-state index contributed by atoms with van der Waals surface area (Å²) < 4.78 is 14.3. The summed E-state index contributed by atoms with van der Waals surface area (Å²) in [5, 5.41) is 8.01. The molecule has 0 saturated heterocycles. The lowest BCUT2D eigenvalue weighted by atomic mass is 10.0. The number of nitrogens with one attached hydrogen (secondary N) is 1. The summed E-state index contributed by atoms with van der Waals surface area (Å²) in [4.78, 5) is 24.8. The van der Waals surface area contributed by atoms with Crippen LogP contribution in [0.3, 0.4) is 0 Å². The predicted octanol–water partition coefficient (Wildman–Crippen LogP) is 3.81. The van der Waals surface area contributed by atoms with E-state index in [4.69, 9.17) is 0 Å². The minimum atomic E-state index is -0.429. The van der Waals surface area contributed by atoms with Crippen LogP contribution in [0.15, 0.2) is 47.3 Å². The van der Waals surface area contributed by atoms with Crippen molar-refractivity contribution in [1.82, 2.24) is 10.2 Å². The molecule has 0 unspecified atom stereocenters. The van der Waals surface area contributed by atoms with E-state index in [9.17, 15) is 14.0 Å². The number of carbonyl (C=O) groups excluding carboxylic acids is 1. The van der Waals surface area contributed by atoms with E-state index in [0.717, 1.165) is 30.2 Å². The molecule has 0 aliphatic heterocycles. The second-order valence-electron chi connectivity index (χ2n) is 6.51. The van der Waals surface area contributed by atoms with E-state index in [1.165, 1.54) is 11.0 Å². The van der Waals surface area contributed by atoms with Gasteiger partial charge < -0.3 is 4.90 Å². The van der Waals surface area contributed by atoms with Gasteiger partial charge in [-0.3, -0.25) is 9.59 Å². The lowest BCUT2D eigenvalue weighted by Gasteiger charge is -2.19. The molecule has 1 N–H and O–H groups in total. The minimum absolute atomic E-state index is 0.239. The van der Waals surface area contributed by atoms with Crippen LogP contribution in [-0.4, -0.2) is 23.2 Å². The fraction of sp³-hybridized carbons (Fsp3) is 0.286. The Morgan fingerprint density at radius 2 is 1.93 bits per heavy atom. The average Bonchev–Trinajstić information content (AvgIpc) is 2.69. The number of anilines is 1. The minimum Gasteiger partial charge on any atom is -0.312 e. The van der Waals surface area contributed by atoms with Gasteiger partial charge in [0.1, 0.15) is 5.82 Å². The number of aromatic amines is 1. The van der Waals surface area contributed by atoms with Crippen molar-refractivity contribution in [2.45, 2.75) is 32.6 Å². The van der Waals surface area contributed by atoms with Gasteiger partial charge in [-0.05, 0) is 30.2 Å². The van der Waals surface area contributed by atoms with Crippen LogP contribution in [0.4, 0.5) is 10.1 Å². The summed E-state index contributed by atoms with van der Waals surface area (Å²) in [6.07, 6.45) is 3.93. The molecule has 0 radical (unpaired) electrons. The topological polar surface area (TPSA) is 66.1 Å². The number of rotatable bonds is 8. The van der Waals surface area contributed by atoms with Crippen LogP contribution >= 0.6 is 0 Å². The molecule has 2 aromatic carbocycles. The maximum Gasteiger partial charge on any atom is 0.272 e. The Bertz CT molecular complexity index is 1000. The van der Waals surface area contributed by atoms with E-state index in [2.05, 4.69) is 17.1 Å². The third-order valence-electron chi connectivity index (χ3n) is 4.60. The highest BCUT2D eigenvalue weighted by Crippen LogP contribution is 2.23. The summed E-state index contributed by atoms with van der Waals surface area (Å²) in [7, 11) is 0. The number of nitrogens with zero attached hydrogens (tertiary/aromatic N) is 2. The fourth-order valence-corrected chi connectivity index (χ4v) is 3.15. The van der Waals surface area contributed by atoms with Crippen LogP contribution in [0.2, 0.25) is 0 Å². The van der Waals surface area contributed by atoms with E-state index in [-0.39, 0.29) is 11.2 Å². The average molecular weight is 367 g/mol. The molecule has 1 aromatic heterocycles. The second-order valence-corrected chi connectivity index (χ2v) is 6.51. The first kappa shape index (κ1) is 18.8. The van der Waals surface area contributed by atoms with Gasteiger partial charge in [-0.15, -0.1) is 0 Å². The number of halogens is 1. The summed E-state index contributed by atoms with van der Waals surface area (Å²) in [5.41, 5.74) is 1.55. The number of unbranched alkanes of at least 4 members (excludes halogenated alkanes) is 2. The number of amides is 1. The van der Waals surface area contributed by atoms with Gasteiger partial charge in [-0.25, -0.2) is 9.49 Å². The van der Waals surface area contributed by atoms with Gasteiger partial charge in [-0.2, -0.15) is 5.10 Å². The zero-order chi connectivity index (χ0) is 19.2. The van der Waals surface area contributed by atoms with Crippen LogP contribution in [0.5, 0.6) is 0 Å². The van der Waals surface area contributed by atoms with Crippen molar-refractivity contribution < 1.29 is 9.18 Å². The first-order chi connectivity index (χ1) is 13.1. The zero-order valence-corrected chi connectivity index (χ0v) is 15.2. The number of hydrogen-bond acceptors (Lipinski definition) is 3. The number of aromatic nitrogens is 2. The van der Waals surface area contributed by atoms with E-state index >= 15 is 0 Å². The predicted molar refractivity (Wildman–Crippen MR) is 105 cm³/mol. The maximum atomic E-state index is 14.3. The van der Waals surface area contributed by atoms with Crippen molar-refractivity contribution in [1.29, 1.82) is 0 Å². The van der Waals surface area contributed by atoms with Gasteiger partial charge in [0.2, 0.25) is 6.41 Å². The van der Waals surface area contributed by atoms with E-state index in [1.54, 1.807) is 24.3 Å². The summed E-state index contributed by atoms with van der Waals surface area (Å²) in [6.45, 7) is 2.56. The summed E-state index contributed by atoms with van der Waals surface area (Å²) in [5.74, 6) is -0.429. The van der Waals surface area contributed by atoms with Gasteiger partial charge in [0.05, 0.1) is 16.8 Å². The van der Waals surface area contributed by atoms with E-state index in [1.807, 2.05) is 12.1 Å². The Balaban J connectivity index is 1.92. The molecule has 0 spiro atoms. The maximum absolute atomic E-state index is 14.3. The smallest absolute Gasteiger partial charge is 0.272 e. The Labute approximate surface area is 156 Å². The number of carbonyl (C=O) groups is 1. The SMILES string of the molecule is CCCCCN(C=O)c1cc(Cc2n[nH]c(=O)c3ccccc23)ccc1F. The molecule has 5 nitrogen and oxygen atoms in total. The van der Waals surface area contributed by atoms with Crippen LogP contribution in [0.25, 0.3) is 10.8 Å². The molecule has 3 aromatic rings. The molecule has 3 rings (SSSR count). The molecule has 1 heterocycles. The molecule has 0 aliphatic rings. The third-order valence-corrected chi connectivity index (χ3v) is 4.60. The first-order valence-electron chi connectivity index (χ1n) is 9.10. The van der Waals surface area contributed by atoms with E-state index in [0.29, 0.717) is 30.5 Å². The highest BCUT2D eigenvalue weighted by atomic mass is 19.1. The van der Waals surface area contributed by atoms with Crippen molar-refractivity contribution in [2.24, 2.45) is 0 Å². The van der Waals surface area contributed by atoms with Crippen molar-refractivity contribution in [3.05, 3.63) is 69.9 Å². The van der Waals surface area contributed by atoms with Gasteiger partial charge in [-0.1, -0.05) is 44.0 Å². The lowest BCUT2D eigenvalue weighted by Crippen LogP contribution is -2.23. The first-order valence-corrected chi connectivity index (χ1v) is 9.10. The van der Waals surface area contributed by atoms with E-state index < -0.39 is 5.82 Å². The van der Waals surface area contributed by atoms with Gasteiger partial charge in [0.25, 0.3) is 5.56 Å². The molecular formula is C21H22FN3O2. The van der Waals surface area contributed by atoms with Crippen molar-refractivity contribution in [3.8, 4) is 0 Å². The Kier molecular flexibility index (Phi) is 5.96. The molecule has 0 bridgehead atoms. The van der Waals surface area contributed by atoms with Gasteiger partial charge in [0, 0.05) is 18.4 Å². The highest BCUT2D eigenvalue weighted by molar-refractivity contribution is 5.83. The summed E-state index contributed by atoms with van der Waals surface area (Å²) >= 11 is 0. The highest BCUT2D eigenvalue weighted by Gasteiger charge is 2.13. The third kappa shape index (κ3) is 4.22. The molecule has 0 atom stereocenters. The van der Waals surface area contributed by atoms with Crippen LogP contribution in [0, 0.1) is 5.82 Å². The fourth-order valence-electron chi connectivity index (χ4n) is 3.15. The Morgan fingerprint density at radius 1 is 1.15 bits per heavy atom. The Hall–Kier alpha value is -3.02. The number of fused-ring (bicyclic) bond motifs is 1. The number of benzene rings is 2. The van der Waals surface area contributed by atoms with Gasteiger partial charge in [0.15, 0.2) is 0 Å². The van der Waals surface area contributed by atoms with Crippen LogP contribution < -0.4 is 10.5 Å². The zero-order valence-electron chi connectivity index (χ0n) is 15.2. The van der Waals surface area contributed by atoms with Crippen LogP contribution in [-0.2, 0) is 11.2 Å². The van der Waals surface area contributed by atoms with Crippen molar-refractivity contribution in [2.75, 3.05) is 11.4 Å². The van der Waals surface area contributed by atoms with Gasteiger partial charge >= 0.3 is 0 Å². The van der Waals surface area contributed by atoms with Crippen molar-refractivity contribution in [3.63, 3.8) is 0 Å². The molecule has 27 heavy (non-hydrogen) atoms. The lowest BCUT2D eigenvalue weighted by molar-refractivity contribution is -0.107. The molecule has 0 fully saturated rings. The normalized spacial score (nSPS) is 10.9. The quantitative estimate of drug-likeness (QED) is 0.486. The Morgan fingerprint density at radius 3 is 2.67 bits per heavy atom.